The first-order chi connectivity index (χ1) is 5.99. The Balaban J connectivity index is 3.99. The normalized spacial score (nSPS) is 14.0. The number of carboxylic acids is 1. The minimum atomic E-state index is -1.26. The van der Waals surface area contributed by atoms with Crippen molar-refractivity contribution in [2.75, 3.05) is 0 Å². The van der Waals surface area contributed by atoms with Gasteiger partial charge < -0.3 is 14.6 Å². The Morgan fingerprint density at radius 3 is 2.23 bits per heavy atom. The van der Waals surface area contributed by atoms with Gasteiger partial charge in [0.1, 0.15) is 0 Å². The number of aliphatic carboxylic acids is 1. The molecule has 2 atom stereocenters. The van der Waals surface area contributed by atoms with E-state index >= 15 is 0 Å². The molecule has 0 heterocycles. The van der Waals surface area contributed by atoms with Crippen molar-refractivity contribution < 1.29 is 29.0 Å². The number of ether oxygens (including phenoxy) is 2. The molecule has 74 valence electrons. The van der Waals surface area contributed by atoms with E-state index in [0.29, 0.717) is 0 Å². The van der Waals surface area contributed by atoms with Crippen molar-refractivity contribution in [1.29, 1.82) is 0 Å². The zero-order valence-electron chi connectivity index (χ0n) is 7.22. The predicted octanol–water partition coefficient (Wildman–Crippen LogP) is -0.436. The van der Waals surface area contributed by atoms with Crippen LogP contribution in [0.1, 0.15) is 13.8 Å². The number of hydrogen-bond donors (Lipinski definition) is 1. The fourth-order valence-corrected chi connectivity index (χ4v) is 0.459. The summed E-state index contributed by atoms with van der Waals surface area (Å²) in [5.41, 5.74) is 0. The molecule has 0 aromatic rings. The van der Waals surface area contributed by atoms with E-state index in [1.807, 2.05) is 0 Å². The highest BCUT2D eigenvalue weighted by Gasteiger charge is 2.21. The Hall–Kier alpha value is -1.59. The zero-order valence-corrected chi connectivity index (χ0v) is 7.22. The monoisotopic (exact) mass is 190 g/mol. The lowest BCUT2D eigenvalue weighted by Crippen LogP contribution is -2.30. The molecule has 0 spiro atoms. The Labute approximate surface area is 74.4 Å². The molecular weight excluding hydrogens is 180 g/mol. The maximum Gasteiger partial charge on any atom is 0.347 e. The van der Waals surface area contributed by atoms with E-state index in [1.54, 1.807) is 0 Å². The summed E-state index contributed by atoms with van der Waals surface area (Å²) >= 11 is 0. The standard InChI is InChI=1S/C7H10O6/c1-4(6(9)10)13-7(11)5(2)12-3-8/h3-5H,1-2H3,(H,9,10)/t4-,5-/m0/s1. The minimum absolute atomic E-state index is 0.0946. The van der Waals surface area contributed by atoms with Crippen molar-refractivity contribution in [3.8, 4) is 0 Å². The lowest BCUT2D eigenvalue weighted by Gasteiger charge is -2.11. The fourth-order valence-electron chi connectivity index (χ4n) is 0.459. The minimum Gasteiger partial charge on any atom is -0.479 e. The molecule has 0 rings (SSSR count). The first kappa shape index (κ1) is 11.4. The van der Waals surface area contributed by atoms with Crippen LogP contribution >= 0.6 is 0 Å². The number of carbonyl (C=O) groups is 3. The zero-order chi connectivity index (χ0) is 10.4. The van der Waals surface area contributed by atoms with Gasteiger partial charge >= 0.3 is 11.9 Å². The Morgan fingerprint density at radius 2 is 1.85 bits per heavy atom. The Bertz CT molecular complexity index is 211. The van der Waals surface area contributed by atoms with Gasteiger partial charge in [-0.2, -0.15) is 0 Å². The molecule has 1 N–H and O–H groups in total. The van der Waals surface area contributed by atoms with Crippen LogP contribution in [0.2, 0.25) is 0 Å². The van der Waals surface area contributed by atoms with Crippen LogP contribution < -0.4 is 0 Å². The van der Waals surface area contributed by atoms with Gasteiger partial charge in [-0.15, -0.1) is 0 Å². The first-order valence-electron chi connectivity index (χ1n) is 3.51. The van der Waals surface area contributed by atoms with Crippen molar-refractivity contribution in [2.45, 2.75) is 26.1 Å². The second-order valence-corrected chi connectivity index (χ2v) is 2.29. The smallest absolute Gasteiger partial charge is 0.347 e. The molecule has 0 aromatic carbocycles. The lowest BCUT2D eigenvalue weighted by atomic mass is 10.4. The van der Waals surface area contributed by atoms with E-state index in [9.17, 15) is 14.4 Å². The molecule has 0 radical (unpaired) electrons. The highest BCUT2D eigenvalue weighted by molar-refractivity contribution is 5.80. The number of hydrogen-bond acceptors (Lipinski definition) is 5. The van der Waals surface area contributed by atoms with Crippen LogP contribution in [0.5, 0.6) is 0 Å². The van der Waals surface area contributed by atoms with Crippen LogP contribution in [-0.4, -0.2) is 35.7 Å². The molecule has 0 aromatic heterocycles. The maximum atomic E-state index is 10.9. The third-order valence-electron chi connectivity index (χ3n) is 1.23. The highest BCUT2D eigenvalue weighted by atomic mass is 16.6. The topological polar surface area (TPSA) is 89.9 Å². The summed E-state index contributed by atoms with van der Waals surface area (Å²) in [7, 11) is 0. The molecule has 0 fully saturated rings. The van der Waals surface area contributed by atoms with E-state index < -0.39 is 24.1 Å². The van der Waals surface area contributed by atoms with E-state index in [0.717, 1.165) is 0 Å². The highest BCUT2D eigenvalue weighted by Crippen LogP contribution is 1.97. The third-order valence-corrected chi connectivity index (χ3v) is 1.23. The SMILES string of the molecule is C[C@H](OC(=O)[C@H](C)OC=O)C(=O)O. The second-order valence-electron chi connectivity index (χ2n) is 2.29. The van der Waals surface area contributed by atoms with Gasteiger partial charge in [0, 0.05) is 0 Å². The van der Waals surface area contributed by atoms with Gasteiger partial charge in [0.25, 0.3) is 6.47 Å². The van der Waals surface area contributed by atoms with Crippen molar-refractivity contribution in [1.82, 2.24) is 0 Å². The second kappa shape index (κ2) is 5.13. The molecule has 0 aliphatic rings. The largest absolute Gasteiger partial charge is 0.479 e. The molecule has 6 heteroatoms. The van der Waals surface area contributed by atoms with Gasteiger partial charge in [0.05, 0.1) is 0 Å². The maximum absolute atomic E-state index is 10.9. The van der Waals surface area contributed by atoms with Crippen LogP contribution in [0.4, 0.5) is 0 Å². The summed E-state index contributed by atoms with van der Waals surface area (Å²) in [6, 6.07) is 0. The number of rotatable bonds is 5. The molecular formula is C7H10O6. The number of esters is 1. The molecule has 0 saturated heterocycles. The summed E-state index contributed by atoms with van der Waals surface area (Å²) in [4.78, 5) is 30.9. The summed E-state index contributed by atoms with van der Waals surface area (Å²) in [5, 5.41) is 8.35. The van der Waals surface area contributed by atoms with Crippen LogP contribution in [0.3, 0.4) is 0 Å². The van der Waals surface area contributed by atoms with Gasteiger partial charge in [0.2, 0.25) is 0 Å². The van der Waals surface area contributed by atoms with Crippen molar-refractivity contribution in [2.24, 2.45) is 0 Å². The van der Waals surface area contributed by atoms with Gasteiger partial charge in [-0.1, -0.05) is 0 Å². The average molecular weight is 190 g/mol. The molecule has 0 amide bonds. The third kappa shape index (κ3) is 4.09. The summed E-state index contributed by atoms with van der Waals surface area (Å²) in [5.74, 6) is -2.14. The van der Waals surface area contributed by atoms with Gasteiger partial charge in [-0.25, -0.2) is 9.59 Å². The predicted molar refractivity (Wildman–Crippen MR) is 39.8 cm³/mol. The first-order valence-corrected chi connectivity index (χ1v) is 3.51. The summed E-state index contributed by atoms with van der Waals surface area (Å²) < 4.78 is 8.64. The van der Waals surface area contributed by atoms with Crippen LogP contribution in [-0.2, 0) is 23.9 Å². The van der Waals surface area contributed by atoms with Crippen LogP contribution in [0.25, 0.3) is 0 Å². The Morgan fingerprint density at radius 1 is 1.31 bits per heavy atom. The van der Waals surface area contributed by atoms with Crippen molar-refractivity contribution in [3.05, 3.63) is 0 Å². The molecule has 0 bridgehead atoms. The van der Waals surface area contributed by atoms with E-state index in [-0.39, 0.29) is 6.47 Å². The lowest BCUT2D eigenvalue weighted by molar-refractivity contribution is -0.171. The molecule has 0 unspecified atom stereocenters. The van der Waals surface area contributed by atoms with Gasteiger partial charge in [-0.05, 0) is 13.8 Å². The van der Waals surface area contributed by atoms with Crippen LogP contribution in [0, 0.1) is 0 Å². The number of carbonyl (C=O) groups excluding carboxylic acids is 2. The summed E-state index contributed by atoms with van der Waals surface area (Å²) in [6.07, 6.45) is -2.33. The quantitative estimate of drug-likeness (QED) is 0.467. The van der Waals surface area contributed by atoms with E-state index in [1.165, 1.54) is 13.8 Å². The molecule has 0 aliphatic carbocycles. The van der Waals surface area contributed by atoms with Crippen molar-refractivity contribution in [3.63, 3.8) is 0 Å². The molecule has 6 nitrogen and oxygen atoms in total. The van der Waals surface area contributed by atoms with E-state index in [2.05, 4.69) is 9.47 Å². The van der Waals surface area contributed by atoms with Gasteiger partial charge in [0.15, 0.2) is 12.2 Å². The average Bonchev–Trinajstić information content (AvgIpc) is 2.04. The van der Waals surface area contributed by atoms with Crippen LogP contribution in [0.15, 0.2) is 0 Å². The molecule has 0 saturated carbocycles. The number of carboxylic acid groups (broad SMARTS) is 1. The molecule has 13 heavy (non-hydrogen) atoms. The molecule has 0 aliphatic heterocycles. The fraction of sp³-hybridized carbons (Fsp3) is 0.571. The van der Waals surface area contributed by atoms with E-state index in [4.69, 9.17) is 5.11 Å². The summed E-state index contributed by atoms with van der Waals surface area (Å²) in [6.45, 7) is 2.58. The van der Waals surface area contributed by atoms with Crippen molar-refractivity contribution >= 4 is 18.4 Å². The Kier molecular flexibility index (Phi) is 4.50. The van der Waals surface area contributed by atoms with Gasteiger partial charge in [-0.3, -0.25) is 4.79 Å².